The number of nitrogens with one attached hydrogen (secondary N) is 1. The van der Waals surface area contributed by atoms with Crippen molar-refractivity contribution in [3.63, 3.8) is 0 Å². The third kappa shape index (κ3) is 3.73. The molecule has 1 heterocycles. The van der Waals surface area contributed by atoms with Gasteiger partial charge in [-0.05, 0) is 24.5 Å². The van der Waals surface area contributed by atoms with Crippen molar-refractivity contribution in [2.45, 2.75) is 19.3 Å². The Morgan fingerprint density at radius 2 is 2.00 bits per heavy atom. The highest BCUT2D eigenvalue weighted by atomic mass is 19.2. The van der Waals surface area contributed by atoms with Gasteiger partial charge in [0.05, 0.1) is 0 Å². The minimum absolute atomic E-state index is 0.0957. The maximum atomic E-state index is 13.4. The molecule has 19 heavy (non-hydrogen) atoms. The van der Waals surface area contributed by atoms with Crippen LogP contribution in [0.25, 0.3) is 0 Å². The van der Waals surface area contributed by atoms with Gasteiger partial charge in [-0.3, -0.25) is 4.79 Å². The van der Waals surface area contributed by atoms with Gasteiger partial charge in [-0.1, -0.05) is 12.1 Å². The summed E-state index contributed by atoms with van der Waals surface area (Å²) in [6.07, 6.45) is 1.32. The Hall–Kier alpha value is -1.49. The molecule has 2 rings (SSSR count). The van der Waals surface area contributed by atoms with E-state index < -0.39 is 11.6 Å². The van der Waals surface area contributed by atoms with E-state index in [1.54, 1.807) is 6.07 Å². The fourth-order valence-electron chi connectivity index (χ4n) is 2.24. The van der Waals surface area contributed by atoms with Crippen molar-refractivity contribution in [2.75, 3.05) is 26.2 Å². The van der Waals surface area contributed by atoms with Crippen molar-refractivity contribution in [1.82, 2.24) is 10.2 Å². The number of nitrogens with zero attached hydrogens (tertiary/aromatic N) is 1. The molecule has 0 unspecified atom stereocenters. The maximum Gasteiger partial charge on any atom is 0.222 e. The van der Waals surface area contributed by atoms with E-state index >= 15 is 0 Å². The van der Waals surface area contributed by atoms with Crippen LogP contribution in [0.3, 0.4) is 0 Å². The van der Waals surface area contributed by atoms with Crippen molar-refractivity contribution >= 4 is 5.91 Å². The molecule has 1 saturated heterocycles. The quantitative estimate of drug-likeness (QED) is 0.901. The lowest BCUT2D eigenvalue weighted by Gasteiger charge is -2.27. The first kappa shape index (κ1) is 13.9. The molecule has 1 fully saturated rings. The number of piperazine rings is 1. The van der Waals surface area contributed by atoms with Gasteiger partial charge < -0.3 is 10.2 Å². The van der Waals surface area contributed by atoms with Gasteiger partial charge in [0.2, 0.25) is 5.91 Å². The van der Waals surface area contributed by atoms with Gasteiger partial charge in [-0.15, -0.1) is 0 Å². The lowest BCUT2D eigenvalue weighted by Crippen LogP contribution is -2.46. The molecule has 1 aromatic rings. The molecule has 0 spiro atoms. The molecule has 1 aromatic carbocycles. The normalized spacial score (nSPS) is 15.6. The predicted octanol–water partition coefficient (Wildman–Crippen LogP) is 1.72. The van der Waals surface area contributed by atoms with Crippen LogP contribution in [0.5, 0.6) is 0 Å². The van der Waals surface area contributed by atoms with Crippen molar-refractivity contribution in [1.29, 1.82) is 0 Å². The number of hydrogen-bond acceptors (Lipinski definition) is 2. The standard InChI is InChI=1S/C14H18F2N2O/c15-12-5-1-3-11(14(12)16)4-2-6-13(19)18-9-7-17-8-10-18/h1,3,5,17H,2,4,6-10H2. The zero-order chi connectivity index (χ0) is 13.7. The van der Waals surface area contributed by atoms with E-state index in [0.717, 1.165) is 32.2 Å². The summed E-state index contributed by atoms with van der Waals surface area (Å²) in [4.78, 5) is 13.7. The van der Waals surface area contributed by atoms with Crippen LogP contribution < -0.4 is 5.32 Å². The van der Waals surface area contributed by atoms with Crippen LogP contribution in [0.1, 0.15) is 18.4 Å². The maximum absolute atomic E-state index is 13.4. The largest absolute Gasteiger partial charge is 0.340 e. The third-order valence-corrected chi connectivity index (χ3v) is 3.34. The number of carbonyl (C=O) groups excluding carboxylic acids is 1. The van der Waals surface area contributed by atoms with E-state index in [0.29, 0.717) is 24.8 Å². The summed E-state index contributed by atoms with van der Waals surface area (Å²) in [5, 5.41) is 3.18. The van der Waals surface area contributed by atoms with Gasteiger partial charge in [0.25, 0.3) is 0 Å². The molecule has 0 bridgehead atoms. The number of carbonyl (C=O) groups is 1. The average Bonchev–Trinajstić information content (AvgIpc) is 2.44. The molecule has 104 valence electrons. The Kier molecular flexibility index (Phi) is 4.85. The predicted molar refractivity (Wildman–Crippen MR) is 68.7 cm³/mol. The molecule has 0 saturated carbocycles. The highest BCUT2D eigenvalue weighted by Gasteiger charge is 2.16. The van der Waals surface area contributed by atoms with Crippen LogP contribution in [0.15, 0.2) is 18.2 Å². The number of rotatable bonds is 4. The fraction of sp³-hybridized carbons (Fsp3) is 0.500. The summed E-state index contributed by atoms with van der Waals surface area (Å²) in [5.41, 5.74) is 0.341. The van der Waals surface area contributed by atoms with Crippen molar-refractivity contribution in [3.8, 4) is 0 Å². The zero-order valence-electron chi connectivity index (χ0n) is 10.8. The highest BCUT2D eigenvalue weighted by Crippen LogP contribution is 2.14. The van der Waals surface area contributed by atoms with Crippen LogP contribution in [0, 0.1) is 11.6 Å². The van der Waals surface area contributed by atoms with Gasteiger partial charge in [-0.25, -0.2) is 8.78 Å². The molecule has 5 heteroatoms. The SMILES string of the molecule is O=C(CCCc1cccc(F)c1F)N1CCNCC1. The van der Waals surface area contributed by atoms with Gasteiger partial charge in [0.15, 0.2) is 11.6 Å². The Morgan fingerprint density at radius 3 is 2.74 bits per heavy atom. The van der Waals surface area contributed by atoms with E-state index in [1.807, 2.05) is 4.90 Å². The average molecular weight is 268 g/mol. The molecular weight excluding hydrogens is 250 g/mol. The van der Waals surface area contributed by atoms with Crippen LogP contribution in [0.4, 0.5) is 8.78 Å². The van der Waals surface area contributed by atoms with E-state index in [9.17, 15) is 13.6 Å². The van der Waals surface area contributed by atoms with Crippen LogP contribution in [-0.2, 0) is 11.2 Å². The summed E-state index contributed by atoms with van der Waals surface area (Å²) < 4.78 is 26.4. The first-order valence-corrected chi connectivity index (χ1v) is 6.60. The summed E-state index contributed by atoms with van der Waals surface area (Å²) in [6, 6.07) is 4.16. The number of halogens is 2. The Labute approximate surface area is 111 Å². The topological polar surface area (TPSA) is 32.3 Å². The Morgan fingerprint density at radius 1 is 1.26 bits per heavy atom. The van der Waals surface area contributed by atoms with E-state index in [4.69, 9.17) is 0 Å². The van der Waals surface area contributed by atoms with Gasteiger partial charge >= 0.3 is 0 Å². The minimum Gasteiger partial charge on any atom is -0.340 e. The smallest absolute Gasteiger partial charge is 0.222 e. The highest BCUT2D eigenvalue weighted by molar-refractivity contribution is 5.76. The Balaban J connectivity index is 1.79. The lowest BCUT2D eigenvalue weighted by atomic mass is 10.1. The van der Waals surface area contributed by atoms with E-state index in [1.165, 1.54) is 6.07 Å². The molecular formula is C14H18F2N2O. The van der Waals surface area contributed by atoms with Crippen LogP contribution in [0.2, 0.25) is 0 Å². The first-order chi connectivity index (χ1) is 9.18. The molecule has 3 nitrogen and oxygen atoms in total. The van der Waals surface area contributed by atoms with Crippen molar-refractivity contribution in [3.05, 3.63) is 35.4 Å². The molecule has 0 aromatic heterocycles. The molecule has 1 aliphatic rings. The fourth-order valence-corrected chi connectivity index (χ4v) is 2.24. The van der Waals surface area contributed by atoms with Gasteiger partial charge in [0, 0.05) is 32.6 Å². The summed E-state index contributed by atoms with van der Waals surface area (Å²) >= 11 is 0. The second kappa shape index (κ2) is 6.61. The molecule has 1 aliphatic heterocycles. The number of aryl methyl sites for hydroxylation is 1. The monoisotopic (exact) mass is 268 g/mol. The molecule has 1 N–H and O–H groups in total. The van der Waals surface area contributed by atoms with Gasteiger partial charge in [-0.2, -0.15) is 0 Å². The molecule has 0 aliphatic carbocycles. The number of benzene rings is 1. The summed E-state index contributed by atoms with van der Waals surface area (Å²) in [6.45, 7) is 3.11. The number of amides is 1. The van der Waals surface area contributed by atoms with E-state index in [2.05, 4.69) is 5.32 Å². The van der Waals surface area contributed by atoms with E-state index in [-0.39, 0.29) is 5.91 Å². The molecule has 0 atom stereocenters. The summed E-state index contributed by atoms with van der Waals surface area (Å²) in [5.74, 6) is -1.53. The lowest BCUT2D eigenvalue weighted by molar-refractivity contribution is -0.131. The second-order valence-corrected chi connectivity index (χ2v) is 4.70. The number of hydrogen-bond donors (Lipinski definition) is 1. The first-order valence-electron chi connectivity index (χ1n) is 6.60. The third-order valence-electron chi connectivity index (χ3n) is 3.34. The van der Waals surface area contributed by atoms with Crippen molar-refractivity contribution < 1.29 is 13.6 Å². The van der Waals surface area contributed by atoms with Crippen LogP contribution in [-0.4, -0.2) is 37.0 Å². The second-order valence-electron chi connectivity index (χ2n) is 4.70. The van der Waals surface area contributed by atoms with Gasteiger partial charge in [0.1, 0.15) is 0 Å². The Bertz CT molecular complexity index is 445. The van der Waals surface area contributed by atoms with Crippen molar-refractivity contribution in [2.24, 2.45) is 0 Å². The van der Waals surface area contributed by atoms with Crippen LogP contribution >= 0.6 is 0 Å². The molecule has 0 radical (unpaired) electrons. The zero-order valence-corrected chi connectivity index (χ0v) is 10.8. The minimum atomic E-state index is -0.828. The molecule has 1 amide bonds. The summed E-state index contributed by atoms with van der Waals surface area (Å²) in [7, 11) is 0.